The number of nitrogens with zero attached hydrogens (tertiary/aromatic N) is 1. The van der Waals surface area contributed by atoms with Crippen molar-refractivity contribution in [2.45, 2.75) is 0 Å². The van der Waals surface area contributed by atoms with Crippen LogP contribution in [0.5, 0.6) is 0 Å². The highest BCUT2D eigenvalue weighted by Crippen LogP contribution is 2.21. The zero-order chi connectivity index (χ0) is 15.6. The third kappa shape index (κ3) is 3.46. The SMILES string of the molecule is CNC(=O)c1cc(NC(=O)c2cc(Br)cn2C)ccc1Cl. The molecule has 0 aliphatic carbocycles. The summed E-state index contributed by atoms with van der Waals surface area (Å²) in [6.07, 6.45) is 1.78. The zero-order valence-corrected chi connectivity index (χ0v) is 13.7. The average Bonchev–Trinajstić information content (AvgIpc) is 2.79. The lowest BCUT2D eigenvalue weighted by Crippen LogP contribution is -2.19. The molecule has 5 nitrogen and oxygen atoms in total. The van der Waals surface area contributed by atoms with E-state index >= 15 is 0 Å². The van der Waals surface area contributed by atoms with Gasteiger partial charge in [0.25, 0.3) is 11.8 Å². The molecule has 0 atom stereocenters. The Morgan fingerprint density at radius 1 is 1.24 bits per heavy atom. The number of hydrogen-bond donors (Lipinski definition) is 2. The van der Waals surface area contributed by atoms with Gasteiger partial charge in [0.15, 0.2) is 0 Å². The van der Waals surface area contributed by atoms with E-state index in [2.05, 4.69) is 26.6 Å². The van der Waals surface area contributed by atoms with Crippen LogP contribution in [-0.4, -0.2) is 23.4 Å². The molecule has 0 saturated heterocycles. The minimum Gasteiger partial charge on any atom is -0.355 e. The highest BCUT2D eigenvalue weighted by molar-refractivity contribution is 9.10. The van der Waals surface area contributed by atoms with Crippen LogP contribution in [0.3, 0.4) is 0 Å². The molecule has 2 aromatic rings. The Labute approximate surface area is 135 Å². The molecule has 1 heterocycles. The van der Waals surface area contributed by atoms with Crippen LogP contribution in [0, 0.1) is 0 Å². The first-order chi connectivity index (χ1) is 9.92. The zero-order valence-electron chi connectivity index (χ0n) is 11.4. The first-order valence-corrected chi connectivity index (χ1v) is 7.24. The lowest BCUT2D eigenvalue weighted by Gasteiger charge is -2.09. The number of rotatable bonds is 3. The van der Waals surface area contributed by atoms with Crippen molar-refractivity contribution in [3.05, 3.63) is 51.2 Å². The Kier molecular flexibility index (Phi) is 4.69. The Morgan fingerprint density at radius 3 is 2.52 bits per heavy atom. The molecule has 2 amide bonds. The summed E-state index contributed by atoms with van der Waals surface area (Å²) in [5.74, 6) is -0.578. The van der Waals surface area contributed by atoms with Crippen molar-refractivity contribution < 1.29 is 9.59 Å². The van der Waals surface area contributed by atoms with Crippen LogP contribution in [0.4, 0.5) is 5.69 Å². The predicted octanol–water partition coefficient (Wildman–Crippen LogP) is 3.05. The van der Waals surface area contributed by atoms with Crippen molar-refractivity contribution in [2.75, 3.05) is 12.4 Å². The first-order valence-electron chi connectivity index (χ1n) is 6.07. The molecule has 0 spiro atoms. The van der Waals surface area contributed by atoms with E-state index in [1.807, 2.05) is 0 Å². The van der Waals surface area contributed by atoms with Crippen LogP contribution in [0.15, 0.2) is 34.9 Å². The third-order valence-corrected chi connectivity index (χ3v) is 3.66. The molecule has 1 aromatic heterocycles. The molecule has 0 unspecified atom stereocenters. The summed E-state index contributed by atoms with van der Waals surface area (Å²) < 4.78 is 2.52. The standard InChI is InChI=1S/C14H13BrClN3O2/c1-17-13(20)10-6-9(3-4-11(10)16)18-14(21)12-5-8(15)7-19(12)2/h3-7H,1-2H3,(H,17,20)(H,18,21). The smallest absolute Gasteiger partial charge is 0.272 e. The van der Waals surface area contributed by atoms with Gasteiger partial charge < -0.3 is 15.2 Å². The second-order valence-corrected chi connectivity index (χ2v) is 5.71. The van der Waals surface area contributed by atoms with E-state index in [0.717, 1.165) is 4.47 Å². The maximum absolute atomic E-state index is 12.2. The Morgan fingerprint density at radius 2 is 1.95 bits per heavy atom. The second kappa shape index (κ2) is 6.32. The quantitative estimate of drug-likeness (QED) is 0.872. The summed E-state index contributed by atoms with van der Waals surface area (Å²) in [5, 5.41) is 5.57. The molecule has 0 aliphatic rings. The van der Waals surface area contributed by atoms with E-state index in [0.29, 0.717) is 22.0 Å². The minimum absolute atomic E-state index is 0.270. The van der Waals surface area contributed by atoms with Crippen molar-refractivity contribution in [3.8, 4) is 0 Å². The lowest BCUT2D eigenvalue weighted by molar-refractivity contribution is 0.0961. The third-order valence-electron chi connectivity index (χ3n) is 2.90. The van der Waals surface area contributed by atoms with Crippen LogP contribution in [0.25, 0.3) is 0 Å². The molecule has 0 radical (unpaired) electrons. The molecule has 2 N–H and O–H groups in total. The number of halogens is 2. The van der Waals surface area contributed by atoms with E-state index in [9.17, 15) is 9.59 Å². The largest absolute Gasteiger partial charge is 0.355 e. The van der Waals surface area contributed by atoms with Gasteiger partial charge in [0, 0.05) is 30.5 Å². The predicted molar refractivity (Wildman–Crippen MR) is 85.9 cm³/mol. The van der Waals surface area contributed by atoms with Crippen LogP contribution < -0.4 is 10.6 Å². The number of nitrogens with one attached hydrogen (secondary N) is 2. The molecule has 0 saturated carbocycles. The fourth-order valence-corrected chi connectivity index (χ4v) is 2.58. The van der Waals surface area contributed by atoms with Gasteiger partial charge in [0.05, 0.1) is 10.6 Å². The number of anilines is 1. The highest BCUT2D eigenvalue weighted by atomic mass is 79.9. The number of amides is 2. The van der Waals surface area contributed by atoms with E-state index in [1.54, 1.807) is 36.0 Å². The fraction of sp³-hybridized carbons (Fsp3) is 0.143. The summed E-state index contributed by atoms with van der Waals surface area (Å²) >= 11 is 9.28. The summed E-state index contributed by atoms with van der Waals surface area (Å²) in [6.45, 7) is 0. The summed E-state index contributed by atoms with van der Waals surface area (Å²) in [5.41, 5.74) is 1.31. The second-order valence-electron chi connectivity index (χ2n) is 4.38. The first kappa shape index (κ1) is 15.6. The molecule has 7 heteroatoms. The highest BCUT2D eigenvalue weighted by Gasteiger charge is 2.14. The van der Waals surface area contributed by atoms with Crippen LogP contribution >= 0.6 is 27.5 Å². The van der Waals surface area contributed by atoms with Crippen molar-refractivity contribution in [3.63, 3.8) is 0 Å². The van der Waals surface area contributed by atoms with Gasteiger partial charge in [-0.2, -0.15) is 0 Å². The van der Waals surface area contributed by atoms with E-state index in [4.69, 9.17) is 11.6 Å². The van der Waals surface area contributed by atoms with Gasteiger partial charge in [-0.1, -0.05) is 11.6 Å². The molecule has 110 valence electrons. The molecule has 0 fully saturated rings. The molecule has 21 heavy (non-hydrogen) atoms. The topological polar surface area (TPSA) is 63.1 Å². The molecular formula is C14H13BrClN3O2. The Bertz CT molecular complexity index is 712. The van der Waals surface area contributed by atoms with Gasteiger partial charge in [0.1, 0.15) is 5.69 Å². The number of carbonyl (C=O) groups is 2. The van der Waals surface area contributed by atoms with Crippen LogP contribution in [0.2, 0.25) is 5.02 Å². The number of carbonyl (C=O) groups excluding carboxylic acids is 2. The van der Waals surface area contributed by atoms with Gasteiger partial charge >= 0.3 is 0 Å². The van der Waals surface area contributed by atoms with Gasteiger partial charge in [-0.05, 0) is 40.2 Å². The summed E-state index contributed by atoms with van der Waals surface area (Å²) in [4.78, 5) is 23.9. The van der Waals surface area contributed by atoms with Gasteiger partial charge in [0.2, 0.25) is 0 Å². The number of hydrogen-bond acceptors (Lipinski definition) is 2. The van der Waals surface area contributed by atoms with Crippen molar-refractivity contribution >= 4 is 45.0 Å². The Balaban J connectivity index is 2.26. The molecule has 0 bridgehead atoms. The van der Waals surface area contributed by atoms with E-state index in [1.165, 1.54) is 13.1 Å². The maximum atomic E-state index is 12.2. The molecule has 0 aliphatic heterocycles. The normalized spacial score (nSPS) is 10.3. The number of benzene rings is 1. The average molecular weight is 371 g/mol. The fourth-order valence-electron chi connectivity index (χ4n) is 1.86. The summed E-state index contributed by atoms with van der Waals surface area (Å²) in [7, 11) is 3.29. The van der Waals surface area contributed by atoms with Crippen LogP contribution in [-0.2, 0) is 7.05 Å². The Hall–Kier alpha value is -1.79. The van der Waals surface area contributed by atoms with Crippen molar-refractivity contribution in [2.24, 2.45) is 7.05 Å². The van der Waals surface area contributed by atoms with Crippen molar-refractivity contribution in [1.82, 2.24) is 9.88 Å². The van der Waals surface area contributed by atoms with Crippen LogP contribution in [0.1, 0.15) is 20.8 Å². The lowest BCUT2D eigenvalue weighted by atomic mass is 10.2. The molecule has 1 aromatic carbocycles. The minimum atomic E-state index is -0.308. The number of aryl methyl sites for hydroxylation is 1. The monoisotopic (exact) mass is 369 g/mol. The van der Waals surface area contributed by atoms with E-state index < -0.39 is 0 Å². The maximum Gasteiger partial charge on any atom is 0.272 e. The van der Waals surface area contributed by atoms with E-state index in [-0.39, 0.29) is 11.8 Å². The van der Waals surface area contributed by atoms with Gasteiger partial charge in [-0.15, -0.1) is 0 Å². The number of aromatic nitrogens is 1. The van der Waals surface area contributed by atoms with Gasteiger partial charge in [-0.3, -0.25) is 9.59 Å². The summed E-state index contributed by atoms with van der Waals surface area (Å²) in [6, 6.07) is 6.47. The van der Waals surface area contributed by atoms with Crippen molar-refractivity contribution in [1.29, 1.82) is 0 Å². The molecule has 2 rings (SSSR count). The van der Waals surface area contributed by atoms with Gasteiger partial charge in [-0.25, -0.2) is 0 Å². The molecular weight excluding hydrogens is 358 g/mol.